The van der Waals surface area contributed by atoms with Crippen LogP contribution in [0.15, 0.2) is 41.3 Å². The number of rotatable bonds is 8. The maximum absolute atomic E-state index is 12.6. The highest BCUT2D eigenvalue weighted by Crippen LogP contribution is 2.18. The van der Waals surface area contributed by atoms with Crippen molar-refractivity contribution in [1.29, 1.82) is 0 Å². The average molecular weight is 474 g/mol. The summed E-state index contributed by atoms with van der Waals surface area (Å²) in [5.41, 5.74) is 2.23. The van der Waals surface area contributed by atoms with E-state index in [-0.39, 0.29) is 29.1 Å². The van der Waals surface area contributed by atoms with Gasteiger partial charge in [-0.3, -0.25) is 4.79 Å². The summed E-state index contributed by atoms with van der Waals surface area (Å²) in [6, 6.07) is 8.70. The second-order valence-corrected chi connectivity index (χ2v) is 9.26. The largest absolute Gasteiger partial charge is 0.390 e. The Hall–Kier alpha value is -3.87. The van der Waals surface area contributed by atoms with E-state index in [2.05, 4.69) is 25.1 Å². The van der Waals surface area contributed by atoms with Crippen molar-refractivity contribution >= 4 is 33.4 Å². The lowest BCUT2D eigenvalue weighted by atomic mass is 10.1. The Bertz CT molecular complexity index is 1280. The number of nitro groups is 1. The summed E-state index contributed by atoms with van der Waals surface area (Å²) in [4.78, 5) is 30.9. The minimum Gasteiger partial charge on any atom is -0.358 e. The molecule has 2 N–H and O–H groups in total. The van der Waals surface area contributed by atoms with Gasteiger partial charge in [0.1, 0.15) is 0 Å². The van der Waals surface area contributed by atoms with E-state index in [9.17, 15) is 23.3 Å². The molecule has 33 heavy (non-hydrogen) atoms. The van der Waals surface area contributed by atoms with E-state index >= 15 is 0 Å². The number of aromatic nitrogens is 4. The fourth-order valence-electron chi connectivity index (χ4n) is 3.04. The smallest absolute Gasteiger partial charge is 0.358 e. The van der Waals surface area contributed by atoms with E-state index in [0.717, 1.165) is 0 Å². The number of carbonyl (C=O) groups excluding carboxylic acids is 1. The normalized spacial score (nSPS) is 12.2. The first-order valence-corrected chi connectivity index (χ1v) is 11.4. The van der Waals surface area contributed by atoms with Crippen LogP contribution in [0, 0.1) is 36.8 Å². The zero-order chi connectivity index (χ0) is 24.3. The molecule has 0 aliphatic heterocycles. The van der Waals surface area contributed by atoms with Crippen LogP contribution in [-0.2, 0) is 21.4 Å². The molecule has 2 aromatic heterocycles. The monoisotopic (exact) mass is 473 g/mol. The highest BCUT2D eigenvalue weighted by Gasteiger charge is 2.21. The molecule has 174 valence electrons. The fourth-order valence-corrected chi connectivity index (χ4v) is 3.99. The van der Waals surface area contributed by atoms with E-state index < -0.39 is 20.9 Å². The number of amides is 1. The van der Waals surface area contributed by atoms with Crippen molar-refractivity contribution in [2.75, 3.05) is 10.0 Å². The second kappa shape index (κ2) is 9.32. The topological polar surface area (TPSA) is 162 Å². The van der Waals surface area contributed by atoms with Crippen LogP contribution in [0.25, 0.3) is 0 Å². The molecule has 1 amide bonds. The van der Waals surface area contributed by atoms with Crippen LogP contribution in [0.1, 0.15) is 24.0 Å². The van der Waals surface area contributed by atoms with E-state index in [1.54, 1.807) is 33.8 Å². The average Bonchev–Trinajstić information content (AvgIpc) is 3.08. The third-order valence-corrected chi connectivity index (χ3v) is 6.03. The lowest BCUT2D eigenvalue weighted by Crippen LogP contribution is -2.25. The number of hydrogen-bond acceptors (Lipinski definition) is 8. The van der Waals surface area contributed by atoms with Gasteiger partial charge in [0.05, 0.1) is 34.2 Å². The van der Waals surface area contributed by atoms with Gasteiger partial charge in [-0.15, -0.1) is 0 Å². The number of aryl methyl sites for hydroxylation is 3. The number of anilines is 2. The molecule has 2 heterocycles. The van der Waals surface area contributed by atoms with Crippen LogP contribution >= 0.6 is 0 Å². The van der Waals surface area contributed by atoms with E-state index in [0.29, 0.717) is 22.8 Å². The Morgan fingerprint density at radius 3 is 2.27 bits per heavy atom. The number of hydrogen-bond donors (Lipinski definition) is 2. The highest BCUT2D eigenvalue weighted by molar-refractivity contribution is 7.92. The van der Waals surface area contributed by atoms with E-state index in [1.165, 1.54) is 35.0 Å². The van der Waals surface area contributed by atoms with Crippen LogP contribution in [-0.4, -0.2) is 39.0 Å². The lowest BCUT2D eigenvalue weighted by molar-refractivity contribution is -0.389. The molecular weight excluding hydrogens is 450 g/mol. The molecule has 0 fully saturated rings. The van der Waals surface area contributed by atoms with Crippen molar-refractivity contribution in [3.63, 3.8) is 0 Å². The predicted octanol–water partition coefficient (Wildman–Crippen LogP) is 2.58. The molecule has 0 aliphatic rings. The molecule has 12 nitrogen and oxygen atoms in total. The molecule has 1 atom stereocenters. The van der Waals surface area contributed by atoms with Gasteiger partial charge < -0.3 is 15.4 Å². The van der Waals surface area contributed by atoms with Gasteiger partial charge in [-0.2, -0.15) is 4.68 Å². The molecule has 3 aromatic rings. The summed E-state index contributed by atoms with van der Waals surface area (Å²) >= 11 is 0. The van der Waals surface area contributed by atoms with Crippen LogP contribution < -0.4 is 10.0 Å². The number of sulfonamides is 1. The number of nitrogens with zero attached hydrogens (tertiary/aromatic N) is 5. The van der Waals surface area contributed by atoms with Gasteiger partial charge in [-0.1, -0.05) is 6.92 Å². The summed E-state index contributed by atoms with van der Waals surface area (Å²) in [7, 11) is -3.91. The molecule has 0 aliphatic carbocycles. The first kappa shape index (κ1) is 23.8. The minimum absolute atomic E-state index is 0.0178. The molecule has 0 radical (unpaired) electrons. The van der Waals surface area contributed by atoms with Crippen molar-refractivity contribution in [3.05, 3.63) is 63.6 Å². The van der Waals surface area contributed by atoms with Crippen molar-refractivity contribution in [3.8, 4) is 0 Å². The summed E-state index contributed by atoms with van der Waals surface area (Å²) in [5.74, 6) is -1.19. The maximum Gasteiger partial charge on any atom is 0.390 e. The number of nitrogens with one attached hydrogen (secondary N) is 2. The molecule has 0 bridgehead atoms. The fraction of sp³-hybridized carbons (Fsp3) is 0.300. The zero-order valence-electron chi connectivity index (χ0n) is 18.4. The van der Waals surface area contributed by atoms with Crippen molar-refractivity contribution < 1.29 is 18.1 Å². The molecule has 1 aromatic carbocycles. The zero-order valence-corrected chi connectivity index (χ0v) is 19.3. The van der Waals surface area contributed by atoms with Crippen LogP contribution in [0.5, 0.6) is 0 Å². The van der Waals surface area contributed by atoms with Gasteiger partial charge >= 0.3 is 5.82 Å². The molecule has 0 saturated carbocycles. The van der Waals surface area contributed by atoms with Crippen LogP contribution in [0.3, 0.4) is 0 Å². The SMILES string of the molecule is Cc1cc(C)nc(NS(=O)(=O)c2ccc(NC(=O)C(C)Cn3nc([N+](=O)[O-])cc3C)cc2)n1. The van der Waals surface area contributed by atoms with Gasteiger partial charge in [0.2, 0.25) is 11.9 Å². The minimum atomic E-state index is -3.91. The first-order valence-electron chi connectivity index (χ1n) is 9.89. The van der Waals surface area contributed by atoms with Gasteiger partial charge in [0.25, 0.3) is 10.0 Å². The molecule has 3 rings (SSSR count). The van der Waals surface area contributed by atoms with Gasteiger partial charge in [-0.25, -0.2) is 23.1 Å². The predicted molar refractivity (Wildman–Crippen MR) is 120 cm³/mol. The number of benzene rings is 1. The third-order valence-electron chi connectivity index (χ3n) is 4.69. The Kier molecular flexibility index (Phi) is 6.72. The Labute approximate surface area is 190 Å². The molecule has 1 unspecified atom stereocenters. The molecule has 0 saturated heterocycles. The van der Waals surface area contributed by atoms with Gasteiger partial charge in [0.15, 0.2) is 0 Å². The lowest BCUT2D eigenvalue weighted by Gasteiger charge is -2.12. The highest BCUT2D eigenvalue weighted by atomic mass is 32.2. The van der Waals surface area contributed by atoms with Crippen molar-refractivity contribution in [2.24, 2.45) is 5.92 Å². The Morgan fingerprint density at radius 1 is 1.12 bits per heavy atom. The summed E-state index contributed by atoms with van der Waals surface area (Å²) in [6.45, 7) is 6.95. The van der Waals surface area contributed by atoms with Gasteiger partial charge in [-0.05, 0) is 56.0 Å². The van der Waals surface area contributed by atoms with Crippen LogP contribution in [0.4, 0.5) is 17.5 Å². The molecule has 13 heteroatoms. The maximum atomic E-state index is 12.6. The van der Waals surface area contributed by atoms with E-state index in [4.69, 9.17) is 0 Å². The summed E-state index contributed by atoms with van der Waals surface area (Å²) < 4.78 is 29.0. The molecular formula is C20H23N7O5S. The van der Waals surface area contributed by atoms with Gasteiger partial charge in [0, 0.05) is 17.1 Å². The molecule has 0 spiro atoms. The third kappa shape index (κ3) is 5.88. The standard InChI is InChI=1S/C20H23N7O5S/c1-12(11-26-15(4)10-18(24-26)27(29)30)19(28)23-16-5-7-17(8-6-16)33(31,32)25-20-21-13(2)9-14(3)22-20/h5-10,12H,11H2,1-4H3,(H,23,28)(H,21,22,25). The second-order valence-electron chi connectivity index (χ2n) is 7.58. The van der Waals surface area contributed by atoms with Crippen LogP contribution in [0.2, 0.25) is 0 Å². The Morgan fingerprint density at radius 2 is 1.73 bits per heavy atom. The summed E-state index contributed by atoms with van der Waals surface area (Å²) in [6.07, 6.45) is 0. The number of carbonyl (C=O) groups is 1. The first-order chi connectivity index (χ1) is 15.4. The Balaban J connectivity index is 1.65. The van der Waals surface area contributed by atoms with Crippen molar-refractivity contribution in [2.45, 2.75) is 39.1 Å². The quantitative estimate of drug-likeness (QED) is 0.372. The van der Waals surface area contributed by atoms with E-state index in [1.807, 2.05) is 0 Å². The summed E-state index contributed by atoms with van der Waals surface area (Å²) in [5, 5.41) is 17.4. The van der Waals surface area contributed by atoms with Crippen molar-refractivity contribution in [1.82, 2.24) is 19.7 Å².